The number of hydrogen-bond acceptors (Lipinski definition) is 3. The predicted octanol–water partition coefficient (Wildman–Crippen LogP) is 2.76. The van der Waals surface area contributed by atoms with E-state index >= 15 is 0 Å². The van der Waals surface area contributed by atoms with Gasteiger partial charge in [-0.15, -0.1) is 0 Å². The molecule has 0 aliphatic heterocycles. The van der Waals surface area contributed by atoms with E-state index in [0.717, 1.165) is 10.2 Å². The van der Waals surface area contributed by atoms with Gasteiger partial charge in [-0.1, -0.05) is 34.1 Å². The molecule has 0 saturated carbocycles. The SMILES string of the molecule is O=C(CCOc1ccccc1)NCCNC(=O)c1ccc(Br)cc1. The summed E-state index contributed by atoms with van der Waals surface area (Å²) in [6.45, 7) is 1.08. The molecule has 0 aliphatic rings. The lowest BCUT2D eigenvalue weighted by atomic mass is 10.2. The number of benzene rings is 2. The minimum atomic E-state index is -0.163. The third-order valence-electron chi connectivity index (χ3n) is 3.18. The van der Waals surface area contributed by atoms with Crippen molar-refractivity contribution < 1.29 is 14.3 Å². The number of hydrogen-bond donors (Lipinski definition) is 2. The van der Waals surface area contributed by atoms with Crippen LogP contribution in [0, 0.1) is 0 Å². The van der Waals surface area contributed by atoms with E-state index in [4.69, 9.17) is 4.74 Å². The van der Waals surface area contributed by atoms with Gasteiger partial charge in [-0.05, 0) is 36.4 Å². The van der Waals surface area contributed by atoms with E-state index < -0.39 is 0 Å². The van der Waals surface area contributed by atoms with Crippen molar-refractivity contribution in [3.05, 3.63) is 64.6 Å². The molecule has 2 rings (SSSR count). The van der Waals surface area contributed by atoms with Crippen molar-refractivity contribution in [1.29, 1.82) is 0 Å². The zero-order chi connectivity index (χ0) is 17.2. The third kappa shape index (κ3) is 6.42. The Kier molecular flexibility index (Phi) is 7.29. The Hall–Kier alpha value is -2.34. The molecular formula is C18H19BrN2O3. The largest absolute Gasteiger partial charge is 0.493 e. The summed E-state index contributed by atoms with van der Waals surface area (Å²) >= 11 is 3.32. The lowest BCUT2D eigenvalue weighted by Crippen LogP contribution is -2.35. The van der Waals surface area contributed by atoms with Gasteiger partial charge >= 0.3 is 0 Å². The van der Waals surface area contributed by atoms with Gasteiger partial charge in [0.1, 0.15) is 5.75 Å². The molecule has 0 heterocycles. The van der Waals surface area contributed by atoms with Crippen molar-refractivity contribution in [3.63, 3.8) is 0 Å². The molecule has 6 heteroatoms. The molecule has 24 heavy (non-hydrogen) atoms. The van der Waals surface area contributed by atoms with E-state index in [2.05, 4.69) is 26.6 Å². The van der Waals surface area contributed by atoms with Gasteiger partial charge in [-0.25, -0.2) is 0 Å². The van der Waals surface area contributed by atoms with Gasteiger partial charge in [0.2, 0.25) is 5.91 Å². The zero-order valence-electron chi connectivity index (χ0n) is 13.1. The Bertz CT molecular complexity index is 660. The minimum absolute atomic E-state index is 0.108. The molecule has 0 atom stereocenters. The summed E-state index contributed by atoms with van der Waals surface area (Å²) in [5.41, 5.74) is 0.584. The van der Waals surface area contributed by atoms with Crippen molar-refractivity contribution >= 4 is 27.7 Å². The van der Waals surface area contributed by atoms with Gasteiger partial charge < -0.3 is 15.4 Å². The summed E-state index contributed by atoms with van der Waals surface area (Å²) in [7, 11) is 0. The first-order valence-electron chi connectivity index (χ1n) is 7.63. The molecule has 2 aromatic rings. The zero-order valence-corrected chi connectivity index (χ0v) is 14.7. The predicted molar refractivity (Wildman–Crippen MR) is 96.0 cm³/mol. The van der Waals surface area contributed by atoms with Crippen LogP contribution in [-0.2, 0) is 4.79 Å². The number of nitrogens with one attached hydrogen (secondary N) is 2. The van der Waals surface area contributed by atoms with Crippen molar-refractivity contribution in [2.24, 2.45) is 0 Å². The lowest BCUT2D eigenvalue weighted by molar-refractivity contribution is -0.121. The lowest BCUT2D eigenvalue weighted by Gasteiger charge is -2.08. The summed E-state index contributed by atoms with van der Waals surface area (Å²) in [5, 5.41) is 5.50. The number of carbonyl (C=O) groups is 2. The molecule has 0 bridgehead atoms. The van der Waals surface area contributed by atoms with Crippen LogP contribution in [0.25, 0.3) is 0 Å². The van der Waals surface area contributed by atoms with Gasteiger partial charge in [0.05, 0.1) is 13.0 Å². The second kappa shape index (κ2) is 9.72. The van der Waals surface area contributed by atoms with Crippen LogP contribution in [0.5, 0.6) is 5.75 Å². The maximum absolute atomic E-state index is 11.9. The Morgan fingerprint density at radius 3 is 2.29 bits per heavy atom. The molecule has 0 aliphatic carbocycles. The van der Waals surface area contributed by atoms with E-state index in [-0.39, 0.29) is 18.2 Å². The molecule has 0 fully saturated rings. The van der Waals surface area contributed by atoms with Gasteiger partial charge in [0.25, 0.3) is 5.91 Å². The normalized spacial score (nSPS) is 10.0. The van der Waals surface area contributed by atoms with Crippen LogP contribution in [0.2, 0.25) is 0 Å². The van der Waals surface area contributed by atoms with Crippen molar-refractivity contribution in [2.75, 3.05) is 19.7 Å². The number of halogens is 1. The van der Waals surface area contributed by atoms with E-state index in [1.165, 1.54) is 0 Å². The molecule has 2 amide bonds. The first-order chi connectivity index (χ1) is 11.6. The average Bonchev–Trinajstić information content (AvgIpc) is 2.60. The summed E-state index contributed by atoms with van der Waals surface area (Å²) < 4.78 is 6.37. The van der Waals surface area contributed by atoms with Gasteiger partial charge in [0, 0.05) is 23.1 Å². The van der Waals surface area contributed by atoms with Gasteiger partial charge in [0.15, 0.2) is 0 Å². The van der Waals surface area contributed by atoms with Crippen LogP contribution in [0.3, 0.4) is 0 Å². The summed E-state index contributed by atoms with van der Waals surface area (Å²) in [6, 6.07) is 16.4. The average molecular weight is 391 g/mol. The van der Waals surface area contributed by atoms with Crippen LogP contribution in [-0.4, -0.2) is 31.5 Å². The maximum atomic E-state index is 11.9. The smallest absolute Gasteiger partial charge is 0.251 e. The van der Waals surface area contributed by atoms with E-state index in [1.807, 2.05) is 42.5 Å². The van der Waals surface area contributed by atoms with E-state index in [0.29, 0.717) is 25.3 Å². The quantitative estimate of drug-likeness (QED) is 0.680. The van der Waals surface area contributed by atoms with Crippen LogP contribution in [0.1, 0.15) is 16.8 Å². The van der Waals surface area contributed by atoms with E-state index in [1.54, 1.807) is 12.1 Å². The second-order valence-electron chi connectivity index (χ2n) is 5.02. The number of carbonyl (C=O) groups excluding carboxylic acids is 2. The Balaban J connectivity index is 1.57. The van der Waals surface area contributed by atoms with Crippen LogP contribution in [0.4, 0.5) is 0 Å². The molecule has 0 radical (unpaired) electrons. The second-order valence-corrected chi connectivity index (χ2v) is 5.94. The number of rotatable bonds is 8. The summed E-state index contributed by atoms with van der Waals surface area (Å²) in [6.07, 6.45) is 0.273. The fourth-order valence-corrected chi connectivity index (χ4v) is 2.21. The Labute approximate surface area is 149 Å². The topological polar surface area (TPSA) is 67.4 Å². The highest BCUT2D eigenvalue weighted by Crippen LogP contribution is 2.10. The third-order valence-corrected chi connectivity index (χ3v) is 3.71. The minimum Gasteiger partial charge on any atom is -0.493 e. The molecule has 2 N–H and O–H groups in total. The van der Waals surface area contributed by atoms with Gasteiger partial charge in [-0.3, -0.25) is 9.59 Å². The Morgan fingerprint density at radius 2 is 1.58 bits per heavy atom. The number of amides is 2. The fourth-order valence-electron chi connectivity index (χ4n) is 1.95. The van der Waals surface area contributed by atoms with Crippen LogP contribution < -0.4 is 15.4 Å². The van der Waals surface area contributed by atoms with Crippen molar-refractivity contribution in [1.82, 2.24) is 10.6 Å². The monoisotopic (exact) mass is 390 g/mol. The van der Waals surface area contributed by atoms with E-state index in [9.17, 15) is 9.59 Å². The van der Waals surface area contributed by atoms with Crippen LogP contribution in [0.15, 0.2) is 59.1 Å². The number of para-hydroxylation sites is 1. The van der Waals surface area contributed by atoms with Crippen LogP contribution >= 0.6 is 15.9 Å². The highest BCUT2D eigenvalue weighted by Gasteiger charge is 2.05. The molecule has 0 spiro atoms. The first kappa shape index (κ1) is 18.0. The maximum Gasteiger partial charge on any atom is 0.251 e. The van der Waals surface area contributed by atoms with Gasteiger partial charge in [-0.2, -0.15) is 0 Å². The molecule has 0 aromatic heterocycles. The molecular weight excluding hydrogens is 372 g/mol. The Morgan fingerprint density at radius 1 is 0.917 bits per heavy atom. The molecule has 2 aromatic carbocycles. The summed E-state index contributed by atoms with van der Waals surface area (Å²) in [5.74, 6) is 0.472. The first-order valence-corrected chi connectivity index (χ1v) is 8.43. The molecule has 5 nitrogen and oxygen atoms in total. The molecule has 0 saturated heterocycles. The molecule has 0 unspecified atom stereocenters. The molecule has 126 valence electrons. The van der Waals surface area contributed by atoms with Crippen molar-refractivity contribution in [3.8, 4) is 5.75 Å². The highest BCUT2D eigenvalue weighted by atomic mass is 79.9. The highest BCUT2D eigenvalue weighted by molar-refractivity contribution is 9.10. The summed E-state index contributed by atoms with van der Waals surface area (Å²) in [4.78, 5) is 23.5. The van der Waals surface area contributed by atoms with Crippen molar-refractivity contribution in [2.45, 2.75) is 6.42 Å². The number of ether oxygens (including phenoxy) is 1. The fraction of sp³-hybridized carbons (Fsp3) is 0.222. The standard InChI is InChI=1S/C18H19BrN2O3/c19-15-8-6-14(7-9-15)18(23)21-12-11-20-17(22)10-13-24-16-4-2-1-3-5-16/h1-9H,10-13H2,(H,20,22)(H,21,23).